The minimum absolute atomic E-state index is 0. The summed E-state index contributed by atoms with van der Waals surface area (Å²) in [5.74, 6) is 1.26. The monoisotopic (exact) mass is 423 g/mol. The number of hydrogen-bond donors (Lipinski definition) is 1. The van der Waals surface area contributed by atoms with Gasteiger partial charge in [-0.1, -0.05) is 0 Å². The van der Waals surface area contributed by atoms with E-state index in [1.165, 1.54) is 12.8 Å². The van der Waals surface area contributed by atoms with Crippen molar-refractivity contribution in [3.63, 3.8) is 0 Å². The van der Waals surface area contributed by atoms with Crippen LogP contribution in [0.25, 0.3) is 0 Å². The van der Waals surface area contributed by atoms with Gasteiger partial charge >= 0.3 is 0 Å². The average Bonchev–Trinajstić information content (AvgIpc) is 3.01. The molecule has 0 aromatic carbocycles. The number of amides is 1. The highest BCUT2D eigenvalue weighted by atomic mass is 127. The van der Waals surface area contributed by atoms with Crippen LogP contribution in [0.3, 0.4) is 0 Å². The van der Waals surface area contributed by atoms with E-state index in [0.29, 0.717) is 0 Å². The summed E-state index contributed by atoms with van der Waals surface area (Å²) in [5, 5.41) is 3.39. The van der Waals surface area contributed by atoms with Gasteiger partial charge in [0.25, 0.3) is 0 Å². The second-order valence-corrected chi connectivity index (χ2v) is 5.78. The van der Waals surface area contributed by atoms with E-state index in [1.807, 2.05) is 4.90 Å². The lowest BCUT2D eigenvalue weighted by molar-refractivity contribution is -0.130. The van der Waals surface area contributed by atoms with Crippen LogP contribution < -0.4 is 5.32 Å². The molecule has 0 bridgehead atoms. The first-order valence-electron chi connectivity index (χ1n) is 8.22. The van der Waals surface area contributed by atoms with Gasteiger partial charge in [0.05, 0.1) is 6.54 Å². The van der Waals surface area contributed by atoms with E-state index in [1.54, 1.807) is 6.92 Å². The number of likely N-dealkylation sites (tertiary alicyclic amines) is 1. The van der Waals surface area contributed by atoms with E-state index in [-0.39, 0.29) is 29.9 Å². The maximum Gasteiger partial charge on any atom is 0.219 e. The molecule has 0 spiro atoms. The molecule has 2 aliphatic heterocycles. The van der Waals surface area contributed by atoms with Crippen LogP contribution in [-0.4, -0.2) is 85.5 Å². The highest BCUT2D eigenvalue weighted by Crippen LogP contribution is 2.07. The van der Waals surface area contributed by atoms with Crippen molar-refractivity contribution in [3.8, 4) is 0 Å². The molecule has 2 rings (SSSR count). The number of carbonyl (C=O) groups excluding carboxylic acids is 1. The molecule has 0 unspecified atom stereocenters. The molecule has 1 N–H and O–H groups in total. The SMILES string of the molecule is CCNC(=NCCN1CCN(C(C)=O)CC1)N1CCCC1.I. The summed E-state index contributed by atoms with van der Waals surface area (Å²) in [6.45, 7) is 12.4. The van der Waals surface area contributed by atoms with Crippen LogP contribution in [0.1, 0.15) is 26.7 Å². The maximum absolute atomic E-state index is 11.3. The third kappa shape index (κ3) is 5.91. The normalized spacial score (nSPS) is 20.0. The van der Waals surface area contributed by atoms with Crippen molar-refractivity contribution in [2.24, 2.45) is 4.99 Å². The third-order valence-corrected chi connectivity index (χ3v) is 4.24. The van der Waals surface area contributed by atoms with E-state index < -0.39 is 0 Å². The summed E-state index contributed by atoms with van der Waals surface area (Å²) in [5.41, 5.74) is 0. The fourth-order valence-electron chi connectivity index (χ4n) is 2.94. The van der Waals surface area contributed by atoms with E-state index >= 15 is 0 Å². The molecule has 2 heterocycles. The number of aliphatic imine (C=N–C) groups is 1. The van der Waals surface area contributed by atoms with Gasteiger partial charge in [-0.15, -0.1) is 24.0 Å². The molecule has 0 aromatic heterocycles. The van der Waals surface area contributed by atoms with Gasteiger partial charge in [-0.2, -0.15) is 0 Å². The average molecular weight is 423 g/mol. The first-order chi connectivity index (χ1) is 10.2. The van der Waals surface area contributed by atoms with Gasteiger partial charge in [-0.05, 0) is 19.8 Å². The minimum Gasteiger partial charge on any atom is -0.357 e. The van der Waals surface area contributed by atoms with Gasteiger partial charge in [0, 0.05) is 59.3 Å². The molecule has 0 aromatic rings. The summed E-state index contributed by atoms with van der Waals surface area (Å²) in [6, 6.07) is 0. The number of nitrogens with zero attached hydrogens (tertiary/aromatic N) is 4. The van der Waals surface area contributed by atoms with Crippen LogP contribution in [0.4, 0.5) is 0 Å². The van der Waals surface area contributed by atoms with Crippen LogP contribution in [0.5, 0.6) is 0 Å². The zero-order valence-electron chi connectivity index (χ0n) is 13.9. The zero-order valence-corrected chi connectivity index (χ0v) is 16.2. The van der Waals surface area contributed by atoms with Gasteiger partial charge in [0.2, 0.25) is 5.91 Å². The summed E-state index contributed by atoms with van der Waals surface area (Å²) >= 11 is 0. The predicted molar refractivity (Wildman–Crippen MR) is 101 cm³/mol. The van der Waals surface area contributed by atoms with E-state index in [2.05, 4.69) is 22.0 Å². The quantitative estimate of drug-likeness (QED) is 0.414. The van der Waals surface area contributed by atoms with Crippen LogP contribution in [0.2, 0.25) is 0 Å². The number of guanidine groups is 1. The van der Waals surface area contributed by atoms with Crippen LogP contribution in [-0.2, 0) is 4.79 Å². The molecular formula is C15H30IN5O. The molecule has 7 heteroatoms. The Morgan fingerprint density at radius 1 is 1.05 bits per heavy atom. The van der Waals surface area contributed by atoms with Crippen molar-refractivity contribution >= 4 is 35.8 Å². The molecule has 0 radical (unpaired) electrons. The Balaban J connectivity index is 0.00000242. The van der Waals surface area contributed by atoms with Gasteiger partial charge in [0.15, 0.2) is 5.96 Å². The zero-order chi connectivity index (χ0) is 15.1. The topological polar surface area (TPSA) is 51.2 Å². The molecular weight excluding hydrogens is 393 g/mol. The Labute approximate surface area is 151 Å². The second kappa shape index (κ2) is 10.3. The smallest absolute Gasteiger partial charge is 0.219 e. The third-order valence-electron chi connectivity index (χ3n) is 4.24. The van der Waals surface area contributed by atoms with Gasteiger partial charge in [0.1, 0.15) is 0 Å². The minimum atomic E-state index is 0. The molecule has 22 heavy (non-hydrogen) atoms. The molecule has 0 atom stereocenters. The number of halogens is 1. The Hall–Kier alpha value is -0.570. The molecule has 6 nitrogen and oxygen atoms in total. The van der Waals surface area contributed by atoms with Gasteiger partial charge in [-0.3, -0.25) is 14.7 Å². The molecule has 0 aliphatic carbocycles. The molecule has 128 valence electrons. The standard InChI is InChI=1S/C15H29N5O.HI/c1-3-16-15(20-7-4-5-8-20)17-6-9-18-10-12-19(13-11-18)14(2)21;/h3-13H2,1-2H3,(H,16,17);1H. The lowest BCUT2D eigenvalue weighted by atomic mass is 10.3. The molecule has 1 amide bonds. The number of nitrogens with one attached hydrogen (secondary N) is 1. The first kappa shape index (κ1) is 19.5. The molecule has 2 saturated heterocycles. The highest BCUT2D eigenvalue weighted by Gasteiger charge is 2.18. The van der Waals surface area contributed by atoms with Crippen molar-refractivity contribution in [1.82, 2.24) is 20.0 Å². The van der Waals surface area contributed by atoms with Crippen LogP contribution in [0, 0.1) is 0 Å². The highest BCUT2D eigenvalue weighted by molar-refractivity contribution is 14.0. The number of piperazine rings is 1. The van der Waals surface area contributed by atoms with Gasteiger partial charge < -0.3 is 15.1 Å². The predicted octanol–water partition coefficient (Wildman–Crippen LogP) is 0.830. The number of hydrogen-bond acceptors (Lipinski definition) is 3. The van der Waals surface area contributed by atoms with Crippen molar-refractivity contribution in [2.45, 2.75) is 26.7 Å². The number of rotatable bonds is 4. The Morgan fingerprint density at radius 3 is 2.23 bits per heavy atom. The largest absolute Gasteiger partial charge is 0.357 e. The van der Waals surface area contributed by atoms with Crippen molar-refractivity contribution in [2.75, 3.05) is 58.9 Å². The van der Waals surface area contributed by atoms with Crippen LogP contribution >= 0.6 is 24.0 Å². The number of carbonyl (C=O) groups is 1. The summed E-state index contributed by atoms with van der Waals surface area (Å²) in [4.78, 5) is 22.7. The Kier molecular flexibility index (Phi) is 9.08. The Bertz CT molecular complexity index is 363. The first-order valence-corrected chi connectivity index (χ1v) is 8.22. The Morgan fingerprint density at radius 2 is 1.68 bits per heavy atom. The summed E-state index contributed by atoms with van der Waals surface area (Å²) < 4.78 is 0. The molecule has 0 saturated carbocycles. The summed E-state index contributed by atoms with van der Waals surface area (Å²) in [6.07, 6.45) is 2.55. The molecule has 2 aliphatic rings. The fourth-order valence-corrected chi connectivity index (χ4v) is 2.94. The molecule has 2 fully saturated rings. The fraction of sp³-hybridized carbons (Fsp3) is 0.867. The van der Waals surface area contributed by atoms with Crippen molar-refractivity contribution < 1.29 is 4.79 Å². The van der Waals surface area contributed by atoms with E-state index in [4.69, 9.17) is 4.99 Å². The second-order valence-electron chi connectivity index (χ2n) is 5.78. The van der Waals surface area contributed by atoms with Crippen molar-refractivity contribution in [3.05, 3.63) is 0 Å². The van der Waals surface area contributed by atoms with Gasteiger partial charge in [-0.25, -0.2) is 0 Å². The lowest BCUT2D eigenvalue weighted by Crippen LogP contribution is -2.48. The maximum atomic E-state index is 11.3. The van der Waals surface area contributed by atoms with E-state index in [0.717, 1.165) is 64.9 Å². The van der Waals surface area contributed by atoms with Crippen LogP contribution in [0.15, 0.2) is 4.99 Å². The van der Waals surface area contributed by atoms with E-state index in [9.17, 15) is 4.79 Å². The summed E-state index contributed by atoms with van der Waals surface area (Å²) in [7, 11) is 0. The lowest BCUT2D eigenvalue weighted by Gasteiger charge is -2.33. The van der Waals surface area contributed by atoms with Crippen molar-refractivity contribution in [1.29, 1.82) is 0 Å².